The molecule has 0 aliphatic rings. The summed E-state index contributed by atoms with van der Waals surface area (Å²) in [5, 5.41) is 0.622. The maximum atomic E-state index is 5.94. The van der Waals surface area contributed by atoms with Crippen molar-refractivity contribution in [3.63, 3.8) is 0 Å². The number of nitrogens with two attached hydrogens (primary N) is 1. The van der Waals surface area contributed by atoms with Gasteiger partial charge in [-0.05, 0) is 38.3 Å². The Bertz CT molecular complexity index is 573. The van der Waals surface area contributed by atoms with Crippen molar-refractivity contribution in [3.8, 4) is 5.75 Å². The number of rotatable bonds is 3. The molecule has 0 fully saturated rings. The lowest BCUT2D eigenvalue weighted by Gasteiger charge is -2.18. The number of aromatic nitrogens is 1. The second kappa shape index (κ2) is 4.76. The molecule has 0 saturated carbocycles. The van der Waals surface area contributed by atoms with E-state index >= 15 is 0 Å². The molecule has 0 aliphatic carbocycles. The molecule has 0 bridgehead atoms. The smallest absolute Gasteiger partial charge is 0.181 e. The van der Waals surface area contributed by atoms with E-state index in [1.807, 2.05) is 13.8 Å². The van der Waals surface area contributed by atoms with Crippen LogP contribution >= 0.6 is 11.3 Å². The summed E-state index contributed by atoms with van der Waals surface area (Å²) in [5.74, 6) is 1.36. The lowest BCUT2D eigenvalue weighted by molar-refractivity contribution is 0.239. The van der Waals surface area contributed by atoms with E-state index in [4.69, 9.17) is 10.5 Å². The van der Waals surface area contributed by atoms with E-state index in [1.54, 1.807) is 11.3 Å². The van der Waals surface area contributed by atoms with E-state index in [-0.39, 0.29) is 6.10 Å². The summed E-state index contributed by atoms with van der Waals surface area (Å²) in [5.41, 5.74) is 9.20. The molecule has 98 valence electrons. The molecule has 0 atom stereocenters. The molecule has 0 spiro atoms. The quantitative estimate of drug-likeness (QED) is 0.908. The SMILES string of the molecule is Cc1cc(OC(C)C)c(C(C)C)c2sc(N)nc12. The predicted octanol–water partition coefficient (Wildman–Crippen LogP) is 4.10. The number of benzene rings is 1. The minimum Gasteiger partial charge on any atom is -0.491 e. The van der Waals surface area contributed by atoms with Crippen molar-refractivity contribution in [1.29, 1.82) is 0 Å². The predicted molar refractivity (Wildman–Crippen MR) is 78.6 cm³/mol. The molecule has 0 unspecified atom stereocenters. The fourth-order valence-electron chi connectivity index (χ4n) is 2.14. The molecule has 1 aromatic carbocycles. The maximum Gasteiger partial charge on any atom is 0.181 e. The Morgan fingerprint density at radius 2 is 1.94 bits per heavy atom. The van der Waals surface area contributed by atoms with Crippen molar-refractivity contribution in [3.05, 3.63) is 17.2 Å². The lowest BCUT2D eigenvalue weighted by atomic mass is 9.99. The molecule has 0 amide bonds. The molecule has 0 radical (unpaired) electrons. The largest absolute Gasteiger partial charge is 0.491 e. The Morgan fingerprint density at radius 3 is 2.50 bits per heavy atom. The molecule has 2 aromatic rings. The van der Waals surface area contributed by atoms with Gasteiger partial charge in [-0.25, -0.2) is 4.98 Å². The van der Waals surface area contributed by atoms with Gasteiger partial charge in [0.1, 0.15) is 5.75 Å². The molecular weight excluding hydrogens is 244 g/mol. The highest BCUT2D eigenvalue weighted by Gasteiger charge is 2.18. The molecule has 0 saturated heterocycles. The summed E-state index contributed by atoms with van der Waals surface area (Å²) in [6, 6.07) is 2.08. The van der Waals surface area contributed by atoms with Crippen molar-refractivity contribution in [2.24, 2.45) is 0 Å². The highest BCUT2D eigenvalue weighted by atomic mass is 32.1. The van der Waals surface area contributed by atoms with Gasteiger partial charge in [0, 0.05) is 5.56 Å². The molecule has 3 nitrogen and oxygen atoms in total. The molecule has 2 rings (SSSR count). The summed E-state index contributed by atoms with van der Waals surface area (Å²) in [6.45, 7) is 10.5. The number of fused-ring (bicyclic) bond motifs is 1. The van der Waals surface area contributed by atoms with Gasteiger partial charge in [-0.15, -0.1) is 0 Å². The first kappa shape index (κ1) is 13.1. The average Bonchev–Trinajstić information content (AvgIpc) is 2.58. The van der Waals surface area contributed by atoms with E-state index in [0.717, 1.165) is 21.5 Å². The topological polar surface area (TPSA) is 48.1 Å². The van der Waals surface area contributed by atoms with Crippen molar-refractivity contribution in [2.75, 3.05) is 5.73 Å². The minimum absolute atomic E-state index is 0.171. The number of nitrogens with zero attached hydrogens (tertiary/aromatic N) is 1. The van der Waals surface area contributed by atoms with Gasteiger partial charge < -0.3 is 10.5 Å². The number of nitrogen functional groups attached to an aromatic ring is 1. The standard InChI is InChI=1S/C14H20N2OS/c1-7(2)11-10(17-8(3)4)6-9(5)12-13(11)18-14(15)16-12/h6-8H,1-5H3,(H2,15,16). The first-order valence-corrected chi connectivity index (χ1v) is 7.08. The molecule has 18 heavy (non-hydrogen) atoms. The van der Waals surface area contributed by atoms with Crippen LogP contribution in [0.1, 0.15) is 44.7 Å². The van der Waals surface area contributed by atoms with Crippen molar-refractivity contribution in [1.82, 2.24) is 4.98 Å². The van der Waals surface area contributed by atoms with Gasteiger partial charge in [-0.2, -0.15) is 0 Å². The highest BCUT2D eigenvalue weighted by molar-refractivity contribution is 7.22. The van der Waals surface area contributed by atoms with Crippen molar-refractivity contribution in [2.45, 2.75) is 46.6 Å². The van der Waals surface area contributed by atoms with Gasteiger partial charge in [-0.1, -0.05) is 25.2 Å². The zero-order valence-electron chi connectivity index (χ0n) is 11.6. The minimum atomic E-state index is 0.171. The summed E-state index contributed by atoms with van der Waals surface area (Å²) in [6.07, 6.45) is 0.171. The number of hydrogen-bond donors (Lipinski definition) is 1. The number of ether oxygens (including phenoxy) is 1. The zero-order valence-corrected chi connectivity index (χ0v) is 12.4. The third-order valence-corrected chi connectivity index (χ3v) is 3.73. The van der Waals surface area contributed by atoms with Gasteiger partial charge in [0.05, 0.1) is 16.3 Å². The van der Waals surface area contributed by atoms with Gasteiger partial charge in [0.25, 0.3) is 0 Å². The van der Waals surface area contributed by atoms with Crippen LogP contribution in [0.5, 0.6) is 5.75 Å². The Labute approximate surface area is 112 Å². The van der Waals surface area contributed by atoms with Crippen LogP contribution in [-0.4, -0.2) is 11.1 Å². The Kier molecular flexibility index (Phi) is 3.48. The number of hydrogen-bond acceptors (Lipinski definition) is 4. The van der Waals surface area contributed by atoms with E-state index in [0.29, 0.717) is 11.0 Å². The van der Waals surface area contributed by atoms with E-state index in [9.17, 15) is 0 Å². The second-order valence-corrected chi connectivity index (χ2v) is 6.19. The van der Waals surface area contributed by atoms with Crippen LogP contribution in [0.2, 0.25) is 0 Å². The monoisotopic (exact) mass is 264 g/mol. The Balaban J connectivity index is 2.73. The summed E-state index contributed by atoms with van der Waals surface area (Å²) >= 11 is 1.55. The van der Waals surface area contributed by atoms with Crippen LogP contribution < -0.4 is 10.5 Å². The van der Waals surface area contributed by atoms with Crippen LogP contribution in [0.4, 0.5) is 5.13 Å². The van der Waals surface area contributed by atoms with Gasteiger partial charge in [0.2, 0.25) is 0 Å². The van der Waals surface area contributed by atoms with E-state index in [2.05, 4.69) is 31.8 Å². The molecule has 0 aliphatic heterocycles. The van der Waals surface area contributed by atoms with Gasteiger partial charge >= 0.3 is 0 Å². The Hall–Kier alpha value is -1.29. The second-order valence-electron chi connectivity index (χ2n) is 5.16. The molecule has 2 N–H and O–H groups in total. The van der Waals surface area contributed by atoms with Crippen LogP contribution in [0, 0.1) is 6.92 Å². The van der Waals surface area contributed by atoms with E-state index < -0.39 is 0 Å². The highest BCUT2D eigenvalue weighted by Crippen LogP contribution is 2.40. The molecule has 4 heteroatoms. The number of anilines is 1. The fourth-order valence-corrected chi connectivity index (χ4v) is 3.23. The molecular formula is C14H20N2OS. The zero-order chi connectivity index (χ0) is 13.4. The number of aryl methyl sites for hydroxylation is 1. The maximum absolute atomic E-state index is 5.94. The van der Waals surface area contributed by atoms with Crippen LogP contribution in [0.15, 0.2) is 6.07 Å². The molecule has 1 aromatic heterocycles. The fraction of sp³-hybridized carbons (Fsp3) is 0.500. The van der Waals surface area contributed by atoms with Gasteiger partial charge in [-0.3, -0.25) is 0 Å². The normalized spacial score (nSPS) is 11.7. The Morgan fingerprint density at radius 1 is 1.28 bits per heavy atom. The number of thiazole rings is 1. The van der Waals surface area contributed by atoms with Crippen molar-refractivity contribution < 1.29 is 4.74 Å². The van der Waals surface area contributed by atoms with Crippen LogP contribution in [0.25, 0.3) is 10.2 Å². The first-order valence-electron chi connectivity index (χ1n) is 6.26. The summed E-state index contributed by atoms with van der Waals surface area (Å²) in [4.78, 5) is 4.42. The third kappa shape index (κ3) is 2.29. The lowest BCUT2D eigenvalue weighted by Crippen LogP contribution is -2.08. The molecule has 1 heterocycles. The first-order chi connectivity index (χ1) is 8.40. The third-order valence-electron chi connectivity index (χ3n) is 2.81. The van der Waals surface area contributed by atoms with E-state index in [1.165, 1.54) is 5.56 Å². The summed E-state index contributed by atoms with van der Waals surface area (Å²) in [7, 11) is 0. The van der Waals surface area contributed by atoms with Crippen LogP contribution in [0.3, 0.4) is 0 Å². The van der Waals surface area contributed by atoms with Crippen molar-refractivity contribution >= 4 is 26.7 Å². The van der Waals surface area contributed by atoms with Gasteiger partial charge in [0.15, 0.2) is 5.13 Å². The summed E-state index contributed by atoms with van der Waals surface area (Å²) < 4.78 is 7.11. The average molecular weight is 264 g/mol. The van der Waals surface area contributed by atoms with Crippen LogP contribution in [-0.2, 0) is 0 Å².